The van der Waals surface area contributed by atoms with E-state index in [2.05, 4.69) is 0 Å². The van der Waals surface area contributed by atoms with E-state index in [0.717, 1.165) is 0 Å². The van der Waals surface area contributed by atoms with E-state index in [4.69, 9.17) is 22.6 Å². The van der Waals surface area contributed by atoms with E-state index < -0.39 is 46.7 Å². The number of hydrogen-bond acceptors (Lipinski definition) is 9. The van der Waals surface area contributed by atoms with Crippen LogP contribution in [-0.4, -0.2) is 69.2 Å². The van der Waals surface area contributed by atoms with Crippen molar-refractivity contribution in [2.45, 2.75) is 18.4 Å². The Labute approximate surface area is 151 Å². The van der Waals surface area contributed by atoms with Gasteiger partial charge in [0.25, 0.3) is 0 Å². The van der Waals surface area contributed by atoms with Gasteiger partial charge in [0, 0.05) is 24.8 Å². The van der Waals surface area contributed by atoms with Crippen LogP contribution in [0.4, 0.5) is 0 Å². The van der Waals surface area contributed by atoms with Crippen molar-refractivity contribution in [3.8, 4) is 0 Å². The summed E-state index contributed by atoms with van der Waals surface area (Å²) in [7, 11) is -4.67. The molecule has 0 rings (SSSR count). The zero-order valence-corrected chi connectivity index (χ0v) is 14.4. The largest absolute Gasteiger partial charge is 2.00 e. The maximum absolute atomic E-state index is 10.1. The molecule has 0 heterocycles. The molecule has 0 unspecified atom stereocenters. The van der Waals surface area contributed by atoms with Gasteiger partial charge in [-0.25, -0.2) is 0 Å². The zero-order valence-electron chi connectivity index (χ0n) is 10.1. The molecular weight excluding hydrogens is 327 g/mol. The Bertz CT molecular complexity index is 408. The van der Waals surface area contributed by atoms with E-state index in [1.54, 1.807) is 0 Å². The third-order valence-corrected chi connectivity index (χ3v) is 1.25. The standard InChI is InChI=1S/C6H8O7.Mg.Na.H2O4S/c7-3(8)1-6(13,5(11)12)2-4(9)10;;;1-5(2,3)4/h13H,1-2H2,(H,7,8)(H,9,10)(H,11,12);;;(H2,1,2,3,4)/q;+2;+1;/p-3. The Morgan fingerprint density at radius 3 is 1.25 bits per heavy atom. The maximum Gasteiger partial charge on any atom is 2.00 e. The quantitative estimate of drug-likeness (QED) is 0.316. The second-order valence-electron chi connectivity index (χ2n) is 2.86. The Hall–Kier alpha value is 0.00623. The number of rotatable bonds is 5. The summed E-state index contributed by atoms with van der Waals surface area (Å²) in [6.45, 7) is 0. The Morgan fingerprint density at radius 2 is 1.15 bits per heavy atom. The van der Waals surface area contributed by atoms with Gasteiger partial charge < -0.3 is 34.8 Å². The number of hydrogen-bond donors (Lipinski definition) is 3. The summed E-state index contributed by atoms with van der Waals surface area (Å²) in [5.41, 5.74) is -2.97. The van der Waals surface area contributed by atoms with Crippen LogP contribution in [0.25, 0.3) is 0 Å². The van der Waals surface area contributed by atoms with Gasteiger partial charge in [0.15, 0.2) is 0 Å². The van der Waals surface area contributed by atoms with Crippen molar-refractivity contribution in [1.82, 2.24) is 0 Å². The fourth-order valence-corrected chi connectivity index (χ4v) is 0.684. The summed E-state index contributed by atoms with van der Waals surface area (Å²) < 4.78 is 31.6. The normalized spacial score (nSPS) is 9.95. The van der Waals surface area contributed by atoms with Gasteiger partial charge in [-0.15, -0.1) is 0 Å². The number of carboxylic acids is 3. The topological polar surface area (TPSA) is 215 Å². The van der Waals surface area contributed by atoms with Crippen LogP contribution in [-0.2, 0) is 24.8 Å². The van der Waals surface area contributed by atoms with Crippen LogP contribution >= 0.6 is 0 Å². The number of carboxylic acid groups (broad SMARTS) is 3. The minimum Gasteiger partial charge on any atom is -0.550 e. The first kappa shape index (κ1) is 28.2. The average Bonchev–Trinajstić information content (AvgIpc) is 1.95. The Kier molecular flexibility index (Phi) is 16.4. The molecule has 0 amide bonds. The fraction of sp³-hybridized carbons (Fsp3) is 0.500. The minimum absolute atomic E-state index is 0. The molecule has 0 aromatic rings. The number of aliphatic hydroxyl groups is 1. The third kappa shape index (κ3) is 20.3. The van der Waals surface area contributed by atoms with Crippen molar-refractivity contribution >= 4 is 51.4 Å². The van der Waals surface area contributed by atoms with E-state index in [9.17, 15) is 29.7 Å². The molecule has 14 heteroatoms. The molecule has 20 heavy (non-hydrogen) atoms. The second kappa shape index (κ2) is 11.6. The van der Waals surface area contributed by atoms with E-state index in [-0.39, 0.29) is 52.6 Å². The molecule has 0 fully saturated rings. The summed E-state index contributed by atoms with van der Waals surface area (Å²) in [5.74, 6) is -5.98. The summed E-state index contributed by atoms with van der Waals surface area (Å²) in [6, 6.07) is 0. The van der Waals surface area contributed by atoms with Crippen LogP contribution in [0, 0.1) is 0 Å². The predicted molar refractivity (Wildman–Crippen MR) is 49.1 cm³/mol. The van der Waals surface area contributed by atoms with E-state index >= 15 is 0 Å². The van der Waals surface area contributed by atoms with Gasteiger partial charge in [0.1, 0.15) is 5.60 Å². The first-order valence-electron chi connectivity index (χ1n) is 3.81. The van der Waals surface area contributed by atoms with E-state index in [0.29, 0.717) is 0 Å². The molecule has 11 nitrogen and oxygen atoms in total. The molecule has 3 N–H and O–H groups in total. The van der Waals surface area contributed by atoms with Crippen LogP contribution < -0.4 is 44.9 Å². The van der Waals surface area contributed by atoms with E-state index in [1.807, 2.05) is 0 Å². The minimum atomic E-state index is -4.67. The SMILES string of the molecule is O=C([O-])CC(O)(CC(=O)[O-])C(=O)[O-].O=S(=O)(O)O.[Mg+2].[Na+]. The molecule has 0 radical (unpaired) electrons. The zero-order chi connectivity index (χ0) is 15.1. The number of aliphatic carboxylic acids is 3. The first-order valence-corrected chi connectivity index (χ1v) is 5.21. The summed E-state index contributed by atoms with van der Waals surface area (Å²) in [6.07, 6.45) is -2.72. The van der Waals surface area contributed by atoms with Crippen molar-refractivity contribution in [3.05, 3.63) is 0 Å². The molecule has 0 saturated carbocycles. The summed E-state index contributed by atoms with van der Waals surface area (Å²) in [5, 5.41) is 38.9. The molecule has 0 atom stereocenters. The second-order valence-corrected chi connectivity index (χ2v) is 3.76. The van der Waals surface area contributed by atoms with Gasteiger partial charge in [-0.05, 0) is 0 Å². The molecule has 0 aliphatic heterocycles. The molecule has 0 aromatic carbocycles. The molecule has 0 spiro atoms. The number of carbonyl (C=O) groups excluding carboxylic acids is 3. The van der Waals surface area contributed by atoms with Crippen molar-refractivity contribution in [3.63, 3.8) is 0 Å². The van der Waals surface area contributed by atoms with Gasteiger partial charge in [0.05, 0.1) is 5.97 Å². The van der Waals surface area contributed by atoms with Gasteiger partial charge in [-0.2, -0.15) is 8.42 Å². The predicted octanol–water partition coefficient (Wildman–Crippen LogP) is -9.28. The van der Waals surface area contributed by atoms with Gasteiger partial charge in [-0.1, -0.05) is 0 Å². The average molecular weight is 334 g/mol. The number of carbonyl (C=O) groups is 3. The first-order chi connectivity index (χ1) is 7.78. The smallest absolute Gasteiger partial charge is 0.550 e. The molecular formula is C6H7MgNaO11S. The Balaban J connectivity index is -0.000000158. The van der Waals surface area contributed by atoms with Crippen LogP contribution in [0.5, 0.6) is 0 Å². The van der Waals surface area contributed by atoms with Crippen molar-refractivity contribution in [2.24, 2.45) is 0 Å². The molecule has 0 saturated heterocycles. The van der Waals surface area contributed by atoms with Gasteiger partial charge >= 0.3 is 63.0 Å². The van der Waals surface area contributed by atoms with Gasteiger partial charge in [-0.3, -0.25) is 9.11 Å². The monoisotopic (exact) mass is 334 g/mol. The maximum atomic E-state index is 10.1. The summed E-state index contributed by atoms with van der Waals surface area (Å²) >= 11 is 0. The van der Waals surface area contributed by atoms with Gasteiger partial charge in [0.2, 0.25) is 0 Å². The van der Waals surface area contributed by atoms with E-state index in [1.165, 1.54) is 0 Å². The van der Waals surface area contributed by atoms with Crippen LogP contribution in [0.15, 0.2) is 0 Å². The van der Waals surface area contributed by atoms with Crippen molar-refractivity contribution in [1.29, 1.82) is 0 Å². The van der Waals surface area contributed by atoms with Crippen LogP contribution in [0.1, 0.15) is 12.8 Å². The molecule has 0 aliphatic rings. The van der Waals surface area contributed by atoms with Crippen LogP contribution in [0.3, 0.4) is 0 Å². The fourth-order valence-electron chi connectivity index (χ4n) is 0.684. The summed E-state index contributed by atoms with van der Waals surface area (Å²) in [4.78, 5) is 30.0. The molecule has 106 valence electrons. The molecule has 0 aromatic heterocycles. The molecule has 0 bridgehead atoms. The van der Waals surface area contributed by atoms with Crippen molar-refractivity contribution in [2.75, 3.05) is 0 Å². The van der Waals surface area contributed by atoms with Crippen LogP contribution in [0.2, 0.25) is 0 Å². The van der Waals surface area contributed by atoms with Crippen molar-refractivity contribution < 1.29 is 81.9 Å². The Morgan fingerprint density at radius 1 is 0.950 bits per heavy atom. The third-order valence-electron chi connectivity index (χ3n) is 1.25. The molecule has 0 aliphatic carbocycles.